The minimum atomic E-state index is -0.103. The highest BCUT2D eigenvalue weighted by Gasteiger charge is 2.14. The molecule has 0 bridgehead atoms. The molecule has 0 aliphatic heterocycles. The predicted octanol–water partition coefficient (Wildman–Crippen LogP) is 1.50. The second kappa shape index (κ2) is 5.32. The molecule has 1 aromatic heterocycles. The molecule has 0 unspecified atom stereocenters. The highest BCUT2D eigenvalue weighted by molar-refractivity contribution is 5.69. The van der Waals surface area contributed by atoms with E-state index in [1.54, 1.807) is 7.11 Å². The van der Waals surface area contributed by atoms with Gasteiger partial charge in [0.15, 0.2) is 0 Å². The van der Waals surface area contributed by atoms with E-state index in [2.05, 4.69) is 10.2 Å². The minimum Gasteiger partial charge on any atom is -0.496 e. The average molecular weight is 261 g/mol. The Morgan fingerprint density at radius 3 is 2.58 bits per heavy atom. The molecule has 0 saturated carbocycles. The average Bonchev–Trinajstić information content (AvgIpc) is 2.74. The molecule has 1 aromatic carbocycles. The summed E-state index contributed by atoms with van der Waals surface area (Å²) in [6, 6.07) is 4.00. The van der Waals surface area contributed by atoms with Gasteiger partial charge in [-0.1, -0.05) is 0 Å². The predicted molar refractivity (Wildman–Crippen MR) is 75.6 cm³/mol. The number of rotatable bonds is 4. The van der Waals surface area contributed by atoms with Crippen molar-refractivity contribution in [2.45, 2.75) is 20.3 Å². The summed E-state index contributed by atoms with van der Waals surface area (Å²) in [5.74, 6) is 0.847. The van der Waals surface area contributed by atoms with Crippen LogP contribution < -0.4 is 16.0 Å². The van der Waals surface area contributed by atoms with Gasteiger partial charge in [-0.3, -0.25) is 15.0 Å². The monoisotopic (exact) mass is 261 g/mol. The number of aryl methyl sites for hydroxylation is 2. The molecule has 4 N–H and O–H groups in total. The van der Waals surface area contributed by atoms with Crippen molar-refractivity contribution in [3.63, 3.8) is 0 Å². The van der Waals surface area contributed by atoms with Gasteiger partial charge >= 0.3 is 0 Å². The van der Waals surface area contributed by atoms with E-state index in [9.17, 15) is 4.79 Å². The van der Waals surface area contributed by atoms with Crippen LogP contribution in [-0.4, -0.2) is 23.9 Å². The molecule has 0 amide bonds. The number of hydrogen-bond donors (Lipinski definition) is 3. The molecule has 2 aromatic rings. The number of nitrogens with one attached hydrogen (secondary N) is 2. The summed E-state index contributed by atoms with van der Waals surface area (Å²) in [4.78, 5) is 11.8. The summed E-state index contributed by atoms with van der Waals surface area (Å²) >= 11 is 0. The van der Waals surface area contributed by atoms with Gasteiger partial charge in [0, 0.05) is 11.1 Å². The fourth-order valence-corrected chi connectivity index (χ4v) is 2.28. The Bertz CT molecular complexity index is 641. The SMILES string of the molecule is COc1cc(C)c(-c2[nH][nH]c(=O)c2CCN)cc1C. The number of aromatic nitrogens is 2. The van der Waals surface area contributed by atoms with Crippen molar-refractivity contribution in [2.24, 2.45) is 5.73 Å². The van der Waals surface area contributed by atoms with E-state index in [1.165, 1.54) is 0 Å². The summed E-state index contributed by atoms with van der Waals surface area (Å²) < 4.78 is 5.30. The Labute approximate surface area is 111 Å². The molecule has 5 nitrogen and oxygen atoms in total. The third-order valence-electron chi connectivity index (χ3n) is 3.28. The quantitative estimate of drug-likeness (QED) is 0.779. The van der Waals surface area contributed by atoms with Gasteiger partial charge in [0.05, 0.1) is 12.8 Å². The lowest BCUT2D eigenvalue weighted by atomic mass is 9.98. The first-order chi connectivity index (χ1) is 9.08. The minimum absolute atomic E-state index is 0.103. The Kier molecular flexibility index (Phi) is 3.76. The van der Waals surface area contributed by atoms with Crippen LogP contribution in [0.25, 0.3) is 11.3 Å². The van der Waals surface area contributed by atoms with Gasteiger partial charge in [0.1, 0.15) is 5.75 Å². The molecule has 0 saturated heterocycles. The fraction of sp³-hybridized carbons (Fsp3) is 0.357. The van der Waals surface area contributed by atoms with Gasteiger partial charge in [-0.15, -0.1) is 0 Å². The highest BCUT2D eigenvalue weighted by Crippen LogP contribution is 2.29. The van der Waals surface area contributed by atoms with Crippen LogP contribution >= 0.6 is 0 Å². The number of H-pyrrole nitrogens is 2. The lowest BCUT2D eigenvalue weighted by molar-refractivity contribution is 0.411. The summed E-state index contributed by atoms with van der Waals surface area (Å²) in [6.07, 6.45) is 0.554. The molecule has 0 atom stereocenters. The molecule has 0 radical (unpaired) electrons. The smallest absolute Gasteiger partial charge is 0.267 e. The van der Waals surface area contributed by atoms with Crippen LogP contribution in [0.2, 0.25) is 0 Å². The maximum atomic E-state index is 11.8. The Balaban J connectivity index is 2.59. The van der Waals surface area contributed by atoms with Crippen LogP contribution in [0.4, 0.5) is 0 Å². The molecule has 2 rings (SSSR count). The molecule has 0 aliphatic rings. The summed E-state index contributed by atoms with van der Waals surface area (Å²) in [5, 5.41) is 5.58. The third-order valence-corrected chi connectivity index (χ3v) is 3.28. The summed E-state index contributed by atoms with van der Waals surface area (Å²) in [6.45, 7) is 4.42. The zero-order chi connectivity index (χ0) is 14.0. The van der Waals surface area contributed by atoms with E-state index < -0.39 is 0 Å². The molecule has 102 valence electrons. The number of ether oxygens (including phenoxy) is 1. The van der Waals surface area contributed by atoms with Gasteiger partial charge in [-0.25, -0.2) is 0 Å². The molecule has 0 fully saturated rings. The first kappa shape index (κ1) is 13.4. The topological polar surface area (TPSA) is 83.9 Å². The zero-order valence-corrected chi connectivity index (χ0v) is 11.5. The van der Waals surface area contributed by atoms with E-state index in [-0.39, 0.29) is 5.56 Å². The maximum Gasteiger partial charge on any atom is 0.267 e. The van der Waals surface area contributed by atoms with Gasteiger partial charge < -0.3 is 10.5 Å². The van der Waals surface area contributed by atoms with Crippen molar-refractivity contribution in [3.8, 4) is 17.0 Å². The number of nitrogens with two attached hydrogens (primary N) is 1. The van der Waals surface area contributed by atoms with Gasteiger partial charge in [0.2, 0.25) is 0 Å². The van der Waals surface area contributed by atoms with E-state index in [4.69, 9.17) is 10.5 Å². The first-order valence-corrected chi connectivity index (χ1v) is 6.23. The molecule has 0 spiro atoms. The van der Waals surface area contributed by atoms with Crippen LogP contribution in [-0.2, 0) is 6.42 Å². The standard InChI is InChI=1S/C14H19N3O2/c1-8-7-12(19-3)9(2)6-11(8)13-10(4-5-15)14(18)17-16-13/h6-7H,4-5,15H2,1-3H3,(H2,16,17,18). The zero-order valence-electron chi connectivity index (χ0n) is 11.5. The molecule has 0 aliphatic carbocycles. The molecule has 5 heteroatoms. The van der Waals surface area contributed by atoms with Crippen molar-refractivity contribution in [1.29, 1.82) is 0 Å². The first-order valence-electron chi connectivity index (χ1n) is 6.23. The van der Waals surface area contributed by atoms with Crippen molar-refractivity contribution in [3.05, 3.63) is 39.2 Å². The number of aromatic amines is 2. The second-order valence-corrected chi connectivity index (χ2v) is 4.61. The van der Waals surface area contributed by atoms with Gasteiger partial charge in [-0.05, 0) is 50.1 Å². The lowest BCUT2D eigenvalue weighted by Crippen LogP contribution is -2.12. The summed E-state index contributed by atoms with van der Waals surface area (Å²) in [5.41, 5.74) is 10.1. The highest BCUT2D eigenvalue weighted by atomic mass is 16.5. The molecular weight excluding hydrogens is 242 g/mol. The van der Waals surface area contributed by atoms with E-state index in [0.717, 1.165) is 28.1 Å². The van der Waals surface area contributed by atoms with Crippen LogP contribution in [0.3, 0.4) is 0 Å². The molecular formula is C14H19N3O2. The Morgan fingerprint density at radius 1 is 1.21 bits per heavy atom. The van der Waals surface area contributed by atoms with Crippen molar-refractivity contribution in [1.82, 2.24) is 10.2 Å². The fourth-order valence-electron chi connectivity index (χ4n) is 2.28. The van der Waals surface area contributed by atoms with Crippen LogP contribution in [0.5, 0.6) is 5.75 Å². The summed E-state index contributed by atoms with van der Waals surface area (Å²) in [7, 11) is 1.65. The lowest BCUT2D eigenvalue weighted by Gasteiger charge is -2.11. The van der Waals surface area contributed by atoms with Crippen molar-refractivity contribution < 1.29 is 4.74 Å². The largest absolute Gasteiger partial charge is 0.496 e. The maximum absolute atomic E-state index is 11.8. The van der Waals surface area contributed by atoms with Crippen LogP contribution in [0.15, 0.2) is 16.9 Å². The molecule has 19 heavy (non-hydrogen) atoms. The van der Waals surface area contributed by atoms with Crippen LogP contribution in [0.1, 0.15) is 16.7 Å². The normalized spacial score (nSPS) is 10.7. The Morgan fingerprint density at radius 2 is 1.95 bits per heavy atom. The Hall–Kier alpha value is -2.01. The van der Waals surface area contributed by atoms with Gasteiger partial charge in [-0.2, -0.15) is 0 Å². The number of methoxy groups -OCH3 is 1. The number of benzene rings is 1. The number of hydrogen-bond acceptors (Lipinski definition) is 3. The van der Waals surface area contributed by atoms with E-state index in [0.29, 0.717) is 18.5 Å². The molecule has 1 heterocycles. The van der Waals surface area contributed by atoms with E-state index >= 15 is 0 Å². The van der Waals surface area contributed by atoms with Crippen molar-refractivity contribution >= 4 is 0 Å². The second-order valence-electron chi connectivity index (χ2n) is 4.61. The van der Waals surface area contributed by atoms with E-state index in [1.807, 2.05) is 26.0 Å². The third kappa shape index (κ3) is 2.42. The van der Waals surface area contributed by atoms with Crippen LogP contribution in [0, 0.1) is 13.8 Å². The van der Waals surface area contributed by atoms with Gasteiger partial charge in [0.25, 0.3) is 5.56 Å². The van der Waals surface area contributed by atoms with Crippen molar-refractivity contribution in [2.75, 3.05) is 13.7 Å².